The molecule has 0 aliphatic heterocycles. The molecule has 0 aromatic rings. The third kappa shape index (κ3) is 3.56. The normalized spacial score (nSPS) is 13.8. The Morgan fingerprint density at radius 2 is 1.85 bits per heavy atom. The molecule has 6 heteroatoms. The SMILES string of the molecule is CCC/C(=C(/C)C(=O)O)S(=O)(=O)O. The third-order valence-electron chi connectivity index (χ3n) is 1.53. The molecule has 0 aromatic heterocycles. The van der Waals surface area contributed by atoms with Gasteiger partial charge in [-0.25, -0.2) is 4.79 Å². The summed E-state index contributed by atoms with van der Waals surface area (Å²) in [4.78, 5) is 10.0. The molecule has 0 heterocycles. The van der Waals surface area contributed by atoms with E-state index in [9.17, 15) is 13.2 Å². The Hall–Kier alpha value is -0.880. The summed E-state index contributed by atoms with van der Waals surface area (Å²) < 4.78 is 30.1. The number of aliphatic carboxylic acids is 1. The molecule has 0 saturated heterocycles. The summed E-state index contributed by atoms with van der Waals surface area (Å²) in [5, 5.41) is 8.51. The molecule has 0 saturated carbocycles. The fourth-order valence-electron chi connectivity index (χ4n) is 0.856. The second-order valence-corrected chi connectivity index (χ2v) is 4.02. The van der Waals surface area contributed by atoms with Gasteiger partial charge in [0.05, 0.1) is 10.5 Å². The van der Waals surface area contributed by atoms with E-state index < -0.39 is 21.0 Å². The van der Waals surface area contributed by atoms with E-state index in [1.807, 2.05) is 0 Å². The average molecular weight is 208 g/mol. The Kier molecular flexibility index (Phi) is 4.09. The third-order valence-corrected chi connectivity index (χ3v) is 2.66. The highest BCUT2D eigenvalue weighted by Crippen LogP contribution is 2.16. The molecule has 5 nitrogen and oxygen atoms in total. The van der Waals surface area contributed by atoms with Crippen molar-refractivity contribution in [2.24, 2.45) is 0 Å². The lowest BCUT2D eigenvalue weighted by atomic mass is 10.2. The fourth-order valence-corrected chi connectivity index (χ4v) is 1.79. The van der Waals surface area contributed by atoms with Crippen molar-refractivity contribution in [3.63, 3.8) is 0 Å². The fraction of sp³-hybridized carbons (Fsp3) is 0.571. The maximum Gasteiger partial charge on any atom is 0.332 e. The first-order chi connectivity index (χ1) is 5.80. The summed E-state index contributed by atoms with van der Waals surface area (Å²) in [5.41, 5.74) is -0.329. The molecule has 0 bridgehead atoms. The minimum Gasteiger partial charge on any atom is -0.478 e. The first-order valence-corrected chi connectivity index (χ1v) is 5.15. The molecule has 0 spiro atoms. The standard InChI is InChI=1S/C7H12O5S/c1-3-4-6(13(10,11)12)5(2)7(8)9/h3-4H2,1-2H3,(H,8,9)(H,10,11,12)/b6-5+. The van der Waals surface area contributed by atoms with E-state index in [0.29, 0.717) is 6.42 Å². The molecule has 13 heavy (non-hydrogen) atoms. The first-order valence-electron chi connectivity index (χ1n) is 3.71. The maximum atomic E-state index is 10.7. The topological polar surface area (TPSA) is 91.7 Å². The molecule has 2 N–H and O–H groups in total. The zero-order valence-corrected chi connectivity index (χ0v) is 8.26. The van der Waals surface area contributed by atoms with Gasteiger partial charge in [-0.2, -0.15) is 8.42 Å². The van der Waals surface area contributed by atoms with Gasteiger partial charge in [0.25, 0.3) is 10.1 Å². The molecule has 0 rings (SSSR count). The summed E-state index contributed by atoms with van der Waals surface area (Å²) in [6, 6.07) is 0. The van der Waals surface area contributed by atoms with Crippen LogP contribution in [-0.2, 0) is 14.9 Å². The van der Waals surface area contributed by atoms with E-state index in [0.717, 1.165) is 6.92 Å². The molecule has 0 fully saturated rings. The number of hydrogen-bond acceptors (Lipinski definition) is 3. The van der Waals surface area contributed by atoms with Gasteiger partial charge in [0.15, 0.2) is 0 Å². The Morgan fingerprint density at radius 1 is 1.38 bits per heavy atom. The van der Waals surface area contributed by atoms with Crippen molar-refractivity contribution in [1.82, 2.24) is 0 Å². The quantitative estimate of drug-likeness (QED) is 0.532. The minimum atomic E-state index is -4.37. The highest BCUT2D eigenvalue weighted by atomic mass is 32.2. The van der Waals surface area contributed by atoms with Gasteiger partial charge in [0.2, 0.25) is 0 Å². The number of rotatable bonds is 4. The van der Waals surface area contributed by atoms with Gasteiger partial charge in [-0.15, -0.1) is 0 Å². The number of carbonyl (C=O) groups is 1. The molecular weight excluding hydrogens is 196 g/mol. The van der Waals surface area contributed by atoms with Gasteiger partial charge in [0.1, 0.15) is 0 Å². The van der Waals surface area contributed by atoms with Crippen molar-refractivity contribution in [3.05, 3.63) is 10.5 Å². The van der Waals surface area contributed by atoms with E-state index in [-0.39, 0.29) is 12.0 Å². The summed E-state index contributed by atoms with van der Waals surface area (Å²) in [6.45, 7) is 2.85. The lowest BCUT2D eigenvalue weighted by Gasteiger charge is -2.04. The van der Waals surface area contributed by atoms with Crippen molar-refractivity contribution in [3.8, 4) is 0 Å². The van der Waals surface area contributed by atoms with Gasteiger partial charge in [-0.3, -0.25) is 4.55 Å². The Balaban J connectivity index is 5.26. The van der Waals surface area contributed by atoms with Crippen LogP contribution in [-0.4, -0.2) is 24.0 Å². The largest absolute Gasteiger partial charge is 0.478 e. The Labute approximate surface area is 76.8 Å². The van der Waals surface area contributed by atoms with Crippen molar-refractivity contribution in [2.45, 2.75) is 26.7 Å². The van der Waals surface area contributed by atoms with Crippen LogP contribution in [0.4, 0.5) is 0 Å². The van der Waals surface area contributed by atoms with Crippen LogP contribution in [0, 0.1) is 0 Å². The van der Waals surface area contributed by atoms with E-state index in [1.54, 1.807) is 6.92 Å². The number of hydrogen-bond donors (Lipinski definition) is 2. The highest BCUT2D eigenvalue weighted by Gasteiger charge is 2.19. The van der Waals surface area contributed by atoms with Crippen LogP contribution in [0.15, 0.2) is 10.5 Å². The summed E-state index contributed by atoms with van der Waals surface area (Å²) in [7, 11) is -4.37. The monoisotopic (exact) mass is 208 g/mol. The smallest absolute Gasteiger partial charge is 0.332 e. The molecule has 0 unspecified atom stereocenters. The number of carboxylic acid groups (broad SMARTS) is 1. The summed E-state index contributed by atoms with van der Waals surface area (Å²) in [5.74, 6) is -1.33. The van der Waals surface area contributed by atoms with Crippen molar-refractivity contribution >= 4 is 16.1 Å². The molecule has 0 amide bonds. The number of carboxylic acids is 1. The van der Waals surface area contributed by atoms with Crippen molar-refractivity contribution in [2.75, 3.05) is 0 Å². The van der Waals surface area contributed by atoms with Gasteiger partial charge in [-0.1, -0.05) is 13.3 Å². The highest BCUT2D eigenvalue weighted by molar-refractivity contribution is 7.89. The van der Waals surface area contributed by atoms with Crippen molar-refractivity contribution < 1.29 is 22.9 Å². The lowest BCUT2D eigenvalue weighted by molar-refractivity contribution is -0.132. The first kappa shape index (κ1) is 12.1. The summed E-state index contributed by atoms with van der Waals surface area (Å²) >= 11 is 0. The van der Waals surface area contributed by atoms with Crippen molar-refractivity contribution in [1.29, 1.82) is 0 Å². The van der Waals surface area contributed by atoms with Crippen LogP contribution in [0.3, 0.4) is 0 Å². The van der Waals surface area contributed by atoms with Crippen LogP contribution in [0.1, 0.15) is 26.7 Å². The average Bonchev–Trinajstić information content (AvgIpc) is 1.96. The second-order valence-electron chi connectivity index (χ2n) is 2.58. The van der Waals surface area contributed by atoms with Gasteiger partial charge < -0.3 is 5.11 Å². The van der Waals surface area contributed by atoms with Crippen LogP contribution in [0.2, 0.25) is 0 Å². The van der Waals surface area contributed by atoms with E-state index in [1.165, 1.54) is 0 Å². The predicted octanol–water partition coefficient (Wildman–Crippen LogP) is 1.03. The van der Waals surface area contributed by atoms with Gasteiger partial charge in [0, 0.05) is 0 Å². The van der Waals surface area contributed by atoms with Crippen LogP contribution >= 0.6 is 0 Å². The molecule has 0 aromatic carbocycles. The van der Waals surface area contributed by atoms with Crippen LogP contribution in [0.5, 0.6) is 0 Å². The zero-order valence-electron chi connectivity index (χ0n) is 7.44. The van der Waals surface area contributed by atoms with E-state index in [2.05, 4.69) is 0 Å². The molecular formula is C7H12O5S. The Bertz CT molecular complexity index is 325. The number of allylic oxidation sites excluding steroid dienone is 1. The maximum absolute atomic E-state index is 10.7. The minimum absolute atomic E-state index is 0.0387. The van der Waals surface area contributed by atoms with Gasteiger partial charge >= 0.3 is 5.97 Å². The van der Waals surface area contributed by atoms with Crippen LogP contribution in [0.25, 0.3) is 0 Å². The lowest BCUT2D eigenvalue weighted by Crippen LogP contribution is -2.09. The molecule has 76 valence electrons. The van der Waals surface area contributed by atoms with E-state index >= 15 is 0 Å². The molecule has 0 aliphatic rings. The second kappa shape index (κ2) is 4.38. The van der Waals surface area contributed by atoms with E-state index in [4.69, 9.17) is 9.66 Å². The van der Waals surface area contributed by atoms with Crippen LogP contribution < -0.4 is 0 Å². The summed E-state index contributed by atoms with van der Waals surface area (Å²) in [6.07, 6.45) is 0.497. The van der Waals surface area contributed by atoms with Gasteiger partial charge in [-0.05, 0) is 13.3 Å². The predicted molar refractivity (Wildman–Crippen MR) is 46.8 cm³/mol. The Morgan fingerprint density at radius 3 is 2.08 bits per heavy atom. The molecule has 0 aliphatic carbocycles. The molecule has 0 atom stereocenters. The molecule has 0 radical (unpaired) electrons. The zero-order chi connectivity index (χ0) is 10.6.